The molecule has 0 amide bonds. The Hall–Kier alpha value is -6.20. The van der Waals surface area contributed by atoms with Crippen LogP contribution in [0.25, 0.3) is 89.9 Å². The Morgan fingerprint density at radius 1 is 0.518 bits per heavy atom. The molecule has 0 atom stereocenters. The molecule has 12 radical (unpaired) electrons. The van der Waals surface area contributed by atoms with Gasteiger partial charge < -0.3 is 8.98 Å². The summed E-state index contributed by atoms with van der Waals surface area (Å²) in [7, 11) is 41.5. The largest absolute Gasteiger partial charge is 0.457 e. The summed E-state index contributed by atoms with van der Waals surface area (Å²) in [5, 5.41) is 2.00. The van der Waals surface area contributed by atoms with Crippen molar-refractivity contribution in [2.75, 3.05) is 0 Å². The molecule has 1 aliphatic carbocycles. The monoisotopic (exact) mass is 702 g/mol. The minimum atomic E-state index is 0.113. The molecule has 0 unspecified atom stereocenters. The molecule has 6 aromatic carbocycles. The molecule has 3 heterocycles. The third-order valence-electron chi connectivity index (χ3n) is 10.8. The number of nitrogens with zero attached hydrogens (tertiary/aromatic N) is 4. The van der Waals surface area contributed by atoms with Crippen molar-refractivity contribution >= 4 is 119 Å². The van der Waals surface area contributed by atoms with Gasteiger partial charge in [-0.2, -0.15) is 0 Å². The highest BCUT2D eigenvalue weighted by Crippen LogP contribution is 2.37. The molecular formula is C45H24B6N4O. The number of aryl methyl sites for hydroxylation is 1. The lowest BCUT2D eigenvalue weighted by molar-refractivity contribution is 0.674. The number of aromatic nitrogens is 4. The van der Waals surface area contributed by atoms with Gasteiger partial charge in [0.15, 0.2) is 17.5 Å². The van der Waals surface area contributed by atoms with E-state index in [0.29, 0.717) is 39.3 Å². The number of furan rings is 1. The van der Waals surface area contributed by atoms with Crippen LogP contribution in [0.15, 0.2) is 120 Å². The zero-order valence-corrected chi connectivity index (χ0v) is 30.1. The van der Waals surface area contributed by atoms with Crippen molar-refractivity contribution < 1.29 is 4.42 Å². The second kappa shape index (κ2) is 13.2. The van der Waals surface area contributed by atoms with Gasteiger partial charge in [0.2, 0.25) is 0 Å². The maximum atomic E-state index is 7.13. The van der Waals surface area contributed by atoms with Crippen LogP contribution in [0, 0.1) is 0 Å². The number of allylic oxidation sites excluding steroid dienone is 1. The first-order valence-electron chi connectivity index (χ1n) is 18.3. The van der Waals surface area contributed by atoms with Gasteiger partial charge in [0.05, 0.1) is 5.52 Å². The maximum Gasteiger partial charge on any atom is 0.164 e. The van der Waals surface area contributed by atoms with Crippen molar-refractivity contribution in [1.82, 2.24) is 19.5 Å². The number of para-hydroxylation sites is 1. The molecule has 11 heteroatoms. The van der Waals surface area contributed by atoms with Crippen LogP contribution >= 0.6 is 0 Å². The fraction of sp³-hybridized carbons (Fsp3) is 0.0444. The SMILES string of the molecule is [B]c1c([B])c(-c2nc(-c3ccccc3)nc(-c3cccc(-c4ccccc4)c3)n2)c2c(oc3c([B])c(-n4c5c(c6ccccc64)CCC=C5)c([B])c([B])c32)c1[B]. The summed E-state index contributed by atoms with van der Waals surface area (Å²) in [6.45, 7) is 0. The predicted octanol–water partition coefficient (Wildman–Crippen LogP) is 4.11. The summed E-state index contributed by atoms with van der Waals surface area (Å²) in [4.78, 5) is 15.0. The van der Waals surface area contributed by atoms with Crippen molar-refractivity contribution in [3.05, 3.63) is 127 Å². The van der Waals surface area contributed by atoms with Crippen molar-refractivity contribution in [3.8, 4) is 51.0 Å². The molecule has 10 rings (SSSR count). The highest BCUT2D eigenvalue weighted by molar-refractivity contribution is 6.64. The topological polar surface area (TPSA) is 56.7 Å². The van der Waals surface area contributed by atoms with E-state index >= 15 is 0 Å². The number of hydrogen-bond acceptors (Lipinski definition) is 4. The molecular weight excluding hydrogens is 677 g/mol. The number of rotatable bonds is 5. The highest BCUT2D eigenvalue weighted by Gasteiger charge is 2.28. The summed E-state index contributed by atoms with van der Waals surface area (Å²) in [5.74, 6) is 1.10. The van der Waals surface area contributed by atoms with Crippen LogP contribution in [0.2, 0.25) is 0 Å². The Kier molecular flexibility index (Phi) is 8.10. The first-order chi connectivity index (χ1) is 27.3. The van der Waals surface area contributed by atoms with E-state index in [-0.39, 0.29) is 44.2 Å². The number of hydrogen-bond donors (Lipinski definition) is 0. The van der Waals surface area contributed by atoms with E-state index in [9.17, 15) is 0 Å². The van der Waals surface area contributed by atoms with E-state index < -0.39 is 0 Å². The molecule has 0 saturated carbocycles. The molecule has 248 valence electrons. The molecule has 0 bridgehead atoms. The molecule has 3 aromatic heterocycles. The first-order valence-corrected chi connectivity index (χ1v) is 18.3. The van der Waals surface area contributed by atoms with Crippen LogP contribution in [0.3, 0.4) is 0 Å². The van der Waals surface area contributed by atoms with E-state index in [1.807, 2.05) is 84.9 Å². The molecule has 0 spiro atoms. The first kappa shape index (κ1) is 34.3. The Bertz CT molecular complexity index is 3100. The number of fused-ring (bicyclic) bond motifs is 6. The smallest absolute Gasteiger partial charge is 0.164 e. The highest BCUT2D eigenvalue weighted by atomic mass is 16.3. The summed E-state index contributed by atoms with van der Waals surface area (Å²) in [6.07, 6.45) is 6.07. The van der Waals surface area contributed by atoms with Crippen LogP contribution in [-0.4, -0.2) is 66.6 Å². The zero-order valence-electron chi connectivity index (χ0n) is 30.1. The minimum absolute atomic E-state index is 0.113. The van der Waals surface area contributed by atoms with Gasteiger partial charge in [-0.1, -0.05) is 125 Å². The van der Waals surface area contributed by atoms with Gasteiger partial charge in [0.25, 0.3) is 0 Å². The van der Waals surface area contributed by atoms with E-state index in [1.54, 1.807) is 0 Å². The van der Waals surface area contributed by atoms with Gasteiger partial charge in [-0.15, -0.1) is 5.46 Å². The van der Waals surface area contributed by atoms with Crippen LogP contribution in [0.4, 0.5) is 0 Å². The summed E-state index contributed by atoms with van der Waals surface area (Å²) < 4.78 is 8.68. The van der Waals surface area contributed by atoms with E-state index in [1.165, 1.54) is 5.56 Å². The summed E-state index contributed by atoms with van der Waals surface area (Å²) in [5.41, 5.74) is 9.40. The standard InChI is InChI=1S/C45H24B6N4O/c46-34-32-31-33(45-53-43(24-14-5-2-6-15-24)52-44(54-45)26-17-11-16-25(22-26)23-12-3-1-4-13-23)35(47)36(48)38(50)41(31)56-42(32)39(51)40(37(34)49)55-29-20-9-7-18-27(29)28-19-8-10-21-30(28)55/h1-7,9-18,20-22H,8,19H2. The lowest BCUT2D eigenvalue weighted by Gasteiger charge is -2.21. The van der Waals surface area contributed by atoms with E-state index in [4.69, 9.17) is 66.4 Å². The molecule has 0 N–H and O–H groups in total. The minimum Gasteiger partial charge on any atom is -0.457 e. The van der Waals surface area contributed by atoms with Crippen LogP contribution in [0.5, 0.6) is 0 Å². The Morgan fingerprint density at radius 2 is 1.14 bits per heavy atom. The molecule has 56 heavy (non-hydrogen) atoms. The van der Waals surface area contributed by atoms with Gasteiger partial charge in [-0.3, -0.25) is 0 Å². The molecule has 1 aliphatic rings. The maximum absolute atomic E-state index is 7.13. The van der Waals surface area contributed by atoms with Crippen molar-refractivity contribution in [3.63, 3.8) is 0 Å². The van der Waals surface area contributed by atoms with Crippen molar-refractivity contribution in [1.29, 1.82) is 0 Å². The summed E-state index contributed by atoms with van der Waals surface area (Å²) >= 11 is 0. The Balaban J connectivity index is 1.27. The lowest BCUT2D eigenvalue weighted by atomic mass is 9.67. The molecule has 5 nitrogen and oxygen atoms in total. The number of benzene rings is 6. The van der Waals surface area contributed by atoms with Gasteiger partial charge >= 0.3 is 0 Å². The molecule has 0 aliphatic heterocycles. The Labute approximate surface area is 331 Å². The van der Waals surface area contributed by atoms with Crippen LogP contribution in [0.1, 0.15) is 17.7 Å². The predicted molar refractivity (Wildman–Crippen MR) is 235 cm³/mol. The molecule has 9 aromatic rings. The van der Waals surface area contributed by atoms with Crippen LogP contribution < -0.4 is 32.8 Å². The van der Waals surface area contributed by atoms with Crippen LogP contribution in [-0.2, 0) is 6.42 Å². The van der Waals surface area contributed by atoms with Gasteiger partial charge in [-0.05, 0) is 53.2 Å². The Morgan fingerprint density at radius 3 is 1.91 bits per heavy atom. The zero-order chi connectivity index (χ0) is 38.2. The summed E-state index contributed by atoms with van der Waals surface area (Å²) in [6, 6.07) is 36.0. The van der Waals surface area contributed by atoms with Gasteiger partial charge in [-0.25, -0.2) is 15.0 Å². The average molecular weight is 702 g/mol. The average Bonchev–Trinajstić information content (AvgIpc) is 3.80. The molecule has 0 saturated heterocycles. The molecule has 0 fully saturated rings. The quantitative estimate of drug-likeness (QED) is 0.254. The van der Waals surface area contributed by atoms with E-state index in [2.05, 4.69) is 41.0 Å². The van der Waals surface area contributed by atoms with Crippen molar-refractivity contribution in [2.24, 2.45) is 0 Å². The van der Waals surface area contributed by atoms with Gasteiger partial charge in [0.1, 0.15) is 58.2 Å². The fourth-order valence-electron chi connectivity index (χ4n) is 8.06. The second-order valence-corrected chi connectivity index (χ2v) is 14.0. The van der Waals surface area contributed by atoms with E-state index in [0.717, 1.165) is 51.7 Å². The lowest BCUT2D eigenvalue weighted by Crippen LogP contribution is -2.41. The second-order valence-electron chi connectivity index (χ2n) is 14.0. The van der Waals surface area contributed by atoms with Gasteiger partial charge in [0, 0.05) is 44.2 Å². The fourth-order valence-corrected chi connectivity index (χ4v) is 8.06. The van der Waals surface area contributed by atoms with Crippen molar-refractivity contribution in [2.45, 2.75) is 12.8 Å². The third kappa shape index (κ3) is 5.21. The third-order valence-corrected chi connectivity index (χ3v) is 10.8. The normalized spacial score (nSPS) is 12.5.